The minimum atomic E-state index is -0.864. The standard InChI is InChI=1S/C7H14BrNO2.C6H15N/c1-7(2,3)9(5-4-8)6(10)11;1-4-7(5-2)6-3/h4-5H2,1-3H3,(H,10,11);4-6H2,1-3H3. The maximum absolute atomic E-state index is 10.6. The lowest BCUT2D eigenvalue weighted by Crippen LogP contribution is -2.45. The van der Waals surface area contributed by atoms with Gasteiger partial charge < -0.3 is 14.9 Å². The molecule has 1 N–H and O–H groups in total. The van der Waals surface area contributed by atoms with Crippen molar-refractivity contribution in [2.24, 2.45) is 0 Å². The van der Waals surface area contributed by atoms with Crippen LogP contribution in [0.25, 0.3) is 0 Å². The van der Waals surface area contributed by atoms with Crippen molar-refractivity contribution in [1.82, 2.24) is 9.80 Å². The molecule has 0 spiro atoms. The van der Waals surface area contributed by atoms with E-state index in [4.69, 9.17) is 5.11 Å². The molecule has 0 rings (SSSR count). The second-order valence-electron chi connectivity index (χ2n) is 4.91. The third-order valence-electron chi connectivity index (χ3n) is 2.69. The molecule has 0 atom stereocenters. The van der Waals surface area contributed by atoms with Crippen molar-refractivity contribution in [3.63, 3.8) is 0 Å². The zero-order chi connectivity index (χ0) is 14.8. The molecule has 0 aliphatic heterocycles. The van der Waals surface area contributed by atoms with Crippen LogP contribution in [0.4, 0.5) is 4.79 Å². The van der Waals surface area contributed by atoms with Crippen molar-refractivity contribution in [1.29, 1.82) is 0 Å². The first kappa shape index (κ1) is 20.0. The van der Waals surface area contributed by atoms with Gasteiger partial charge in [0.05, 0.1) is 0 Å². The summed E-state index contributed by atoms with van der Waals surface area (Å²) in [5.41, 5.74) is -0.306. The summed E-state index contributed by atoms with van der Waals surface area (Å²) in [7, 11) is 0. The zero-order valence-electron chi connectivity index (χ0n) is 12.7. The third kappa shape index (κ3) is 9.71. The number of nitrogens with zero attached hydrogens (tertiary/aromatic N) is 2. The number of halogens is 1. The van der Waals surface area contributed by atoms with Crippen LogP contribution in [0.3, 0.4) is 0 Å². The topological polar surface area (TPSA) is 43.8 Å². The highest BCUT2D eigenvalue weighted by molar-refractivity contribution is 9.09. The number of amides is 1. The molecule has 0 aromatic rings. The first-order valence-corrected chi connectivity index (χ1v) is 7.65. The molecule has 0 unspecified atom stereocenters. The van der Waals surface area contributed by atoms with Gasteiger partial charge in [0, 0.05) is 17.4 Å². The van der Waals surface area contributed by atoms with Gasteiger partial charge in [0.15, 0.2) is 0 Å². The fourth-order valence-electron chi connectivity index (χ4n) is 1.47. The molecule has 0 aromatic carbocycles. The SMILES string of the molecule is CC(C)(C)N(CCBr)C(=O)O.CCN(CC)CC. The van der Waals surface area contributed by atoms with Crippen LogP contribution in [0, 0.1) is 0 Å². The predicted molar refractivity (Wildman–Crippen MR) is 81.7 cm³/mol. The highest BCUT2D eigenvalue weighted by Crippen LogP contribution is 2.12. The highest BCUT2D eigenvalue weighted by atomic mass is 79.9. The molecule has 0 heterocycles. The lowest BCUT2D eigenvalue weighted by molar-refractivity contribution is 0.105. The molecule has 0 radical (unpaired) electrons. The molecule has 1 amide bonds. The van der Waals surface area contributed by atoms with Gasteiger partial charge in [-0.2, -0.15) is 0 Å². The Morgan fingerprint density at radius 1 is 1.11 bits per heavy atom. The Hall–Kier alpha value is -0.290. The van der Waals surface area contributed by atoms with Crippen LogP contribution in [0.15, 0.2) is 0 Å². The van der Waals surface area contributed by atoms with E-state index in [2.05, 4.69) is 41.6 Å². The maximum atomic E-state index is 10.6. The summed E-state index contributed by atoms with van der Waals surface area (Å²) >= 11 is 3.21. The molecule has 0 fully saturated rings. The predicted octanol–water partition coefficient (Wildman–Crippen LogP) is 3.51. The van der Waals surface area contributed by atoms with Crippen molar-refractivity contribution in [2.45, 2.75) is 47.1 Å². The molecule has 0 bridgehead atoms. The van der Waals surface area contributed by atoms with Gasteiger partial charge in [-0.05, 0) is 40.4 Å². The van der Waals surface area contributed by atoms with Crippen LogP contribution in [0.5, 0.6) is 0 Å². The monoisotopic (exact) mass is 324 g/mol. The van der Waals surface area contributed by atoms with Crippen LogP contribution in [0.1, 0.15) is 41.5 Å². The fourth-order valence-corrected chi connectivity index (χ4v) is 1.83. The summed E-state index contributed by atoms with van der Waals surface area (Å²) in [6.45, 7) is 16.3. The Labute approximate surface area is 120 Å². The molecular weight excluding hydrogens is 296 g/mol. The van der Waals surface area contributed by atoms with Crippen LogP contribution in [-0.2, 0) is 0 Å². The Bertz CT molecular complexity index is 208. The summed E-state index contributed by atoms with van der Waals surface area (Å²) in [5.74, 6) is 0. The second kappa shape index (κ2) is 10.6. The smallest absolute Gasteiger partial charge is 0.407 e. The number of carbonyl (C=O) groups is 1. The van der Waals surface area contributed by atoms with Gasteiger partial charge in [-0.1, -0.05) is 36.7 Å². The summed E-state index contributed by atoms with van der Waals surface area (Å²) in [5, 5.41) is 9.42. The van der Waals surface area contributed by atoms with Crippen molar-refractivity contribution >= 4 is 22.0 Å². The van der Waals surface area contributed by atoms with Gasteiger partial charge in [-0.3, -0.25) is 0 Å². The first-order valence-electron chi connectivity index (χ1n) is 6.53. The van der Waals surface area contributed by atoms with Gasteiger partial charge in [0.25, 0.3) is 0 Å². The van der Waals surface area contributed by atoms with Crippen LogP contribution < -0.4 is 0 Å². The minimum Gasteiger partial charge on any atom is -0.465 e. The number of carboxylic acid groups (broad SMARTS) is 1. The minimum absolute atomic E-state index is 0.306. The quantitative estimate of drug-likeness (QED) is 0.787. The largest absolute Gasteiger partial charge is 0.465 e. The summed E-state index contributed by atoms with van der Waals surface area (Å²) in [6, 6.07) is 0. The van der Waals surface area contributed by atoms with E-state index in [1.165, 1.54) is 24.5 Å². The molecule has 5 heteroatoms. The van der Waals surface area contributed by atoms with Gasteiger partial charge in [0.2, 0.25) is 0 Å². The van der Waals surface area contributed by atoms with Crippen molar-refractivity contribution in [3.8, 4) is 0 Å². The van der Waals surface area contributed by atoms with E-state index in [9.17, 15) is 4.79 Å². The van der Waals surface area contributed by atoms with Gasteiger partial charge in [-0.15, -0.1) is 0 Å². The van der Waals surface area contributed by atoms with Crippen LogP contribution >= 0.6 is 15.9 Å². The summed E-state index contributed by atoms with van der Waals surface area (Å²) in [6.07, 6.45) is -0.864. The average molecular weight is 325 g/mol. The Balaban J connectivity index is 0. The lowest BCUT2D eigenvalue weighted by atomic mass is 10.1. The normalized spacial score (nSPS) is 10.9. The van der Waals surface area contributed by atoms with Crippen LogP contribution in [0.2, 0.25) is 0 Å². The molecule has 0 aliphatic carbocycles. The van der Waals surface area contributed by atoms with E-state index in [0.717, 1.165) is 0 Å². The van der Waals surface area contributed by atoms with Crippen LogP contribution in [-0.4, -0.2) is 58.0 Å². The van der Waals surface area contributed by atoms with E-state index in [1.807, 2.05) is 20.8 Å². The van der Waals surface area contributed by atoms with Gasteiger partial charge in [0.1, 0.15) is 0 Å². The second-order valence-corrected chi connectivity index (χ2v) is 5.71. The third-order valence-corrected chi connectivity index (χ3v) is 3.05. The van der Waals surface area contributed by atoms with E-state index >= 15 is 0 Å². The fraction of sp³-hybridized carbons (Fsp3) is 0.923. The molecular formula is C13H29BrN2O2. The number of hydrogen-bond donors (Lipinski definition) is 1. The number of hydrogen-bond acceptors (Lipinski definition) is 2. The maximum Gasteiger partial charge on any atom is 0.407 e. The van der Waals surface area contributed by atoms with Gasteiger partial charge in [-0.25, -0.2) is 4.79 Å². The van der Waals surface area contributed by atoms with Gasteiger partial charge >= 0.3 is 6.09 Å². The molecule has 0 aromatic heterocycles. The van der Waals surface area contributed by atoms with Crippen molar-refractivity contribution in [3.05, 3.63) is 0 Å². The number of rotatable bonds is 5. The lowest BCUT2D eigenvalue weighted by Gasteiger charge is -2.32. The summed E-state index contributed by atoms with van der Waals surface area (Å²) < 4.78 is 0. The van der Waals surface area contributed by atoms with E-state index in [-0.39, 0.29) is 5.54 Å². The molecule has 0 aliphatic rings. The Morgan fingerprint density at radius 3 is 1.56 bits per heavy atom. The average Bonchev–Trinajstić information content (AvgIpc) is 2.27. The molecule has 18 heavy (non-hydrogen) atoms. The molecule has 0 saturated carbocycles. The molecule has 0 saturated heterocycles. The Kier molecular flexibility index (Phi) is 11.8. The van der Waals surface area contributed by atoms with E-state index in [1.54, 1.807) is 0 Å². The first-order chi connectivity index (χ1) is 8.24. The van der Waals surface area contributed by atoms with E-state index in [0.29, 0.717) is 11.9 Å². The Morgan fingerprint density at radius 2 is 1.50 bits per heavy atom. The molecule has 4 nitrogen and oxygen atoms in total. The summed E-state index contributed by atoms with van der Waals surface area (Å²) in [4.78, 5) is 14.4. The van der Waals surface area contributed by atoms with Crippen molar-refractivity contribution in [2.75, 3.05) is 31.5 Å². The number of alkyl halides is 1. The van der Waals surface area contributed by atoms with Crippen molar-refractivity contribution < 1.29 is 9.90 Å². The zero-order valence-corrected chi connectivity index (χ0v) is 14.2. The molecule has 110 valence electrons. The highest BCUT2D eigenvalue weighted by Gasteiger charge is 2.24. The van der Waals surface area contributed by atoms with E-state index < -0.39 is 6.09 Å².